The molecule has 0 aromatic heterocycles. The molecule has 18 heavy (non-hydrogen) atoms. The Bertz CT molecular complexity index is 513. The highest BCUT2D eigenvalue weighted by molar-refractivity contribution is 7.88. The molecule has 0 fully saturated rings. The molecule has 2 N–H and O–H groups in total. The molecule has 0 atom stereocenters. The summed E-state index contributed by atoms with van der Waals surface area (Å²) >= 11 is 0. The Morgan fingerprint density at radius 3 is 2.28 bits per heavy atom. The standard InChI is InChI=1S/C10H11F2NO4S/c11-9(12)5-13-18(16,17)6-7-1-3-8(4-2-7)10(14)15/h1-4,9,13H,5-6H2,(H,14,15). The van der Waals surface area contributed by atoms with Crippen molar-refractivity contribution in [3.8, 4) is 0 Å². The number of carboxylic acid groups (broad SMARTS) is 1. The van der Waals surface area contributed by atoms with Crippen molar-refractivity contribution in [2.45, 2.75) is 12.2 Å². The molecular weight excluding hydrogens is 268 g/mol. The van der Waals surface area contributed by atoms with Crippen LogP contribution in [0.3, 0.4) is 0 Å². The van der Waals surface area contributed by atoms with Crippen LogP contribution in [0.15, 0.2) is 24.3 Å². The predicted octanol–water partition coefficient (Wildman–Crippen LogP) is 1.07. The van der Waals surface area contributed by atoms with Crippen molar-refractivity contribution in [2.24, 2.45) is 0 Å². The van der Waals surface area contributed by atoms with E-state index in [0.29, 0.717) is 5.56 Å². The van der Waals surface area contributed by atoms with E-state index in [9.17, 15) is 22.0 Å². The van der Waals surface area contributed by atoms with Crippen LogP contribution in [0, 0.1) is 0 Å². The average Bonchev–Trinajstić information content (AvgIpc) is 2.27. The Balaban J connectivity index is 2.69. The van der Waals surface area contributed by atoms with Crippen molar-refractivity contribution in [3.63, 3.8) is 0 Å². The Morgan fingerprint density at radius 1 is 1.28 bits per heavy atom. The number of halogens is 2. The minimum Gasteiger partial charge on any atom is -0.478 e. The molecule has 1 aromatic carbocycles. The van der Waals surface area contributed by atoms with Crippen LogP contribution in [0.25, 0.3) is 0 Å². The van der Waals surface area contributed by atoms with E-state index in [2.05, 4.69) is 0 Å². The van der Waals surface area contributed by atoms with Gasteiger partial charge in [0, 0.05) is 0 Å². The molecule has 0 amide bonds. The van der Waals surface area contributed by atoms with Crippen molar-refractivity contribution in [1.82, 2.24) is 4.72 Å². The van der Waals surface area contributed by atoms with Gasteiger partial charge < -0.3 is 5.11 Å². The number of rotatable bonds is 6. The second kappa shape index (κ2) is 5.87. The van der Waals surface area contributed by atoms with Crippen molar-refractivity contribution in [1.29, 1.82) is 0 Å². The Hall–Kier alpha value is -1.54. The first-order valence-corrected chi connectivity index (χ1v) is 6.53. The maximum Gasteiger partial charge on any atom is 0.335 e. The molecule has 0 heterocycles. The number of aromatic carboxylic acids is 1. The van der Waals surface area contributed by atoms with Gasteiger partial charge in [-0.25, -0.2) is 26.7 Å². The predicted molar refractivity (Wildman–Crippen MR) is 60.0 cm³/mol. The van der Waals surface area contributed by atoms with Crippen LogP contribution in [-0.2, 0) is 15.8 Å². The van der Waals surface area contributed by atoms with Crippen molar-refractivity contribution in [3.05, 3.63) is 35.4 Å². The zero-order chi connectivity index (χ0) is 13.8. The lowest BCUT2D eigenvalue weighted by Gasteiger charge is -2.06. The van der Waals surface area contributed by atoms with Gasteiger partial charge in [0.15, 0.2) is 0 Å². The molecule has 0 aliphatic heterocycles. The van der Waals surface area contributed by atoms with E-state index < -0.39 is 34.7 Å². The number of alkyl halides is 2. The summed E-state index contributed by atoms with van der Waals surface area (Å²) in [4.78, 5) is 10.6. The van der Waals surface area contributed by atoms with E-state index in [4.69, 9.17) is 5.11 Å². The largest absolute Gasteiger partial charge is 0.478 e. The van der Waals surface area contributed by atoms with Crippen LogP contribution >= 0.6 is 0 Å². The number of hydrogen-bond acceptors (Lipinski definition) is 3. The van der Waals surface area contributed by atoms with Gasteiger partial charge in [-0.05, 0) is 17.7 Å². The van der Waals surface area contributed by atoms with Crippen LogP contribution in [0.2, 0.25) is 0 Å². The highest BCUT2D eigenvalue weighted by Crippen LogP contribution is 2.08. The Labute approximate surface area is 102 Å². The Morgan fingerprint density at radius 2 is 1.83 bits per heavy atom. The molecular formula is C10H11F2NO4S. The molecule has 0 unspecified atom stereocenters. The summed E-state index contributed by atoms with van der Waals surface area (Å²) in [6.07, 6.45) is -2.76. The third kappa shape index (κ3) is 4.76. The first-order chi connectivity index (χ1) is 8.30. The fourth-order valence-corrected chi connectivity index (χ4v) is 2.32. The van der Waals surface area contributed by atoms with Gasteiger partial charge >= 0.3 is 5.97 Å². The normalized spacial score (nSPS) is 11.7. The molecule has 1 aromatic rings. The van der Waals surface area contributed by atoms with Crippen molar-refractivity contribution in [2.75, 3.05) is 6.54 Å². The lowest BCUT2D eigenvalue weighted by molar-refractivity contribution is 0.0697. The van der Waals surface area contributed by atoms with Crippen molar-refractivity contribution >= 4 is 16.0 Å². The number of carboxylic acids is 1. The van der Waals surface area contributed by atoms with E-state index in [-0.39, 0.29) is 5.56 Å². The van der Waals surface area contributed by atoms with Crippen LogP contribution in [0.1, 0.15) is 15.9 Å². The van der Waals surface area contributed by atoms with Gasteiger partial charge in [0.2, 0.25) is 10.0 Å². The summed E-state index contributed by atoms with van der Waals surface area (Å²) in [5, 5.41) is 8.64. The maximum atomic E-state index is 11.9. The number of nitrogens with one attached hydrogen (secondary N) is 1. The lowest BCUT2D eigenvalue weighted by Crippen LogP contribution is -2.29. The number of carbonyl (C=O) groups is 1. The second-order valence-electron chi connectivity index (χ2n) is 3.50. The Kier molecular flexibility index (Phi) is 4.74. The fraction of sp³-hybridized carbons (Fsp3) is 0.300. The summed E-state index contributed by atoms with van der Waals surface area (Å²) < 4.78 is 48.2. The molecule has 0 saturated heterocycles. The molecule has 0 spiro atoms. The van der Waals surface area contributed by atoms with Crippen LogP contribution in [-0.4, -0.2) is 32.5 Å². The van der Waals surface area contributed by atoms with Crippen LogP contribution < -0.4 is 4.72 Å². The summed E-state index contributed by atoms with van der Waals surface area (Å²) in [6, 6.07) is 5.15. The molecule has 8 heteroatoms. The molecule has 0 saturated carbocycles. The summed E-state index contributed by atoms with van der Waals surface area (Å²) in [5.41, 5.74) is 0.346. The van der Waals surface area contributed by atoms with Crippen LogP contribution in [0.5, 0.6) is 0 Å². The minimum absolute atomic E-state index is 0.0247. The van der Waals surface area contributed by atoms with Crippen LogP contribution in [0.4, 0.5) is 8.78 Å². The van der Waals surface area contributed by atoms with Gasteiger partial charge in [0.1, 0.15) is 0 Å². The van der Waals surface area contributed by atoms with E-state index in [0.717, 1.165) is 0 Å². The second-order valence-corrected chi connectivity index (χ2v) is 5.31. The fourth-order valence-electron chi connectivity index (χ4n) is 1.20. The molecule has 0 bridgehead atoms. The van der Waals surface area contributed by atoms with Gasteiger partial charge in [-0.2, -0.15) is 0 Å². The number of sulfonamides is 1. The SMILES string of the molecule is O=C(O)c1ccc(CS(=O)(=O)NCC(F)F)cc1. The zero-order valence-electron chi connectivity index (χ0n) is 9.14. The first kappa shape index (κ1) is 14.5. The molecule has 1 rings (SSSR count). The molecule has 0 radical (unpaired) electrons. The van der Waals surface area contributed by atoms with Gasteiger partial charge in [0.05, 0.1) is 17.9 Å². The van der Waals surface area contributed by atoms with E-state index in [1.54, 1.807) is 4.72 Å². The highest BCUT2D eigenvalue weighted by atomic mass is 32.2. The van der Waals surface area contributed by atoms with Gasteiger partial charge in [-0.1, -0.05) is 12.1 Å². The summed E-state index contributed by atoms with van der Waals surface area (Å²) in [7, 11) is -3.84. The van der Waals surface area contributed by atoms with Gasteiger partial charge in [-0.15, -0.1) is 0 Å². The quantitative estimate of drug-likeness (QED) is 0.816. The minimum atomic E-state index is -3.84. The van der Waals surface area contributed by atoms with Gasteiger partial charge in [0.25, 0.3) is 6.43 Å². The third-order valence-electron chi connectivity index (χ3n) is 2.02. The van der Waals surface area contributed by atoms with Crippen molar-refractivity contribution < 1.29 is 27.1 Å². The maximum absolute atomic E-state index is 11.9. The first-order valence-electron chi connectivity index (χ1n) is 4.88. The lowest BCUT2D eigenvalue weighted by atomic mass is 10.1. The number of benzene rings is 1. The van der Waals surface area contributed by atoms with E-state index >= 15 is 0 Å². The molecule has 100 valence electrons. The topological polar surface area (TPSA) is 83.5 Å². The summed E-state index contributed by atoms with van der Waals surface area (Å²) in [5.74, 6) is -1.60. The average molecular weight is 279 g/mol. The third-order valence-corrected chi connectivity index (χ3v) is 3.33. The summed E-state index contributed by atoms with van der Waals surface area (Å²) in [6.45, 7) is -0.935. The van der Waals surface area contributed by atoms with E-state index in [1.807, 2.05) is 0 Å². The smallest absolute Gasteiger partial charge is 0.335 e. The number of hydrogen-bond donors (Lipinski definition) is 2. The molecule has 5 nitrogen and oxygen atoms in total. The molecule has 0 aliphatic rings. The molecule has 0 aliphatic carbocycles. The van der Waals surface area contributed by atoms with E-state index in [1.165, 1.54) is 24.3 Å². The zero-order valence-corrected chi connectivity index (χ0v) is 9.95. The monoisotopic (exact) mass is 279 g/mol. The highest BCUT2D eigenvalue weighted by Gasteiger charge is 2.14. The van der Waals surface area contributed by atoms with Gasteiger partial charge in [-0.3, -0.25) is 0 Å².